The molecule has 2 heterocycles. The number of carbonyl (C=O) groups excluding carboxylic acids is 1. The molecule has 6 nitrogen and oxygen atoms in total. The molecule has 0 spiro atoms. The minimum atomic E-state index is -0.476. The molecule has 3 aromatic rings. The van der Waals surface area contributed by atoms with Gasteiger partial charge in [0.25, 0.3) is 5.56 Å². The van der Waals surface area contributed by atoms with E-state index in [1.165, 1.54) is 23.8 Å². The van der Waals surface area contributed by atoms with Crippen molar-refractivity contribution in [1.29, 1.82) is 0 Å². The van der Waals surface area contributed by atoms with Gasteiger partial charge in [-0.1, -0.05) is 18.2 Å². The number of aromatic amines is 1. The normalized spacial score (nSPS) is 13.4. The van der Waals surface area contributed by atoms with Gasteiger partial charge in [0, 0.05) is 12.2 Å². The first-order valence-electron chi connectivity index (χ1n) is 8.76. The summed E-state index contributed by atoms with van der Waals surface area (Å²) in [5, 5.41) is 0.214. The third kappa shape index (κ3) is 3.46. The maximum absolute atomic E-state index is 13.3. The molecule has 0 saturated heterocycles. The molecule has 0 radical (unpaired) electrons. The Balaban J connectivity index is 1.48. The summed E-state index contributed by atoms with van der Waals surface area (Å²) < 4.78 is 13.3. The van der Waals surface area contributed by atoms with Crippen LogP contribution in [0.4, 0.5) is 10.1 Å². The molecule has 138 valence electrons. The topological polar surface area (TPSA) is 69.3 Å². The van der Waals surface area contributed by atoms with Crippen LogP contribution in [0.2, 0.25) is 0 Å². The summed E-state index contributed by atoms with van der Waals surface area (Å²) in [6.07, 6.45) is 0.863. The summed E-state index contributed by atoms with van der Waals surface area (Å²) in [5.41, 5.74) is 2.20. The van der Waals surface area contributed by atoms with Crippen molar-refractivity contribution in [1.82, 2.24) is 14.9 Å². The summed E-state index contributed by atoms with van der Waals surface area (Å²) in [6, 6.07) is 11.8. The largest absolute Gasteiger partial charge is 0.311 e. The van der Waals surface area contributed by atoms with Crippen LogP contribution in [0.3, 0.4) is 0 Å². The van der Waals surface area contributed by atoms with Gasteiger partial charge in [-0.15, -0.1) is 0 Å². The van der Waals surface area contributed by atoms with Crippen molar-refractivity contribution in [3.8, 4) is 0 Å². The van der Waals surface area contributed by atoms with Crippen molar-refractivity contribution in [2.24, 2.45) is 0 Å². The zero-order valence-corrected chi connectivity index (χ0v) is 14.9. The molecule has 0 fully saturated rings. The number of anilines is 1. The van der Waals surface area contributed by atoms with Gasteiger partial charge in [0.1, 0.15) is 11.6 Å². The van der Waals surface area contributed by atoms with E-state index in [9.17, 15) is 14.0 Å². The first-order valence-corrected chi connectivity index (χ1v) is 8.76. The number of likely N-dealkylation sites (N-methyl/N-ethyl adjacent to an activating group) is 1. The van der Waals surface area contributed by atoms with Crippen LogP contribution in [-0.2, 0) is 17.8 Å². The molecule has 0 unspecified atom stereocenters. The van der Waals surface area contributed by atoms with E-state index >= 15 is 0 Å². The van der Waals surface area contributed by atoms with Gasteiger partial charge in [-0.05, 0) is 43.3 Å². The molecule has 4 rings (SSSR count). The monoisotopic (exact) mass is 366 g/mol. The summed E-state index contributed by atoms with van der Waals surface area (Å²) in [7, 11) is 1.80. The zero-order valence-electron chi connectivity index (χ0n) is 14.9. The molecular weight excluding hydrogens is 347 g/mol. The Kier molecular flexibility index (Phi) is 4.45. The van der Waals surface area contributed by atoms with Gasteiger partial charge in [-0.25, -0.2) is 9.37 Å². The van der Waals surface area contributed by atoms with Crippen molar-refractivity contribution in [3.63, 3.8) is 0 Å². The lowest BCUT2D eigenvalue weighted by molar-refractivity contribution is -0.119. The second-order valence-corrected chi connectivity index (χ2v) is 6.77. The number of H-pyrrole nitrogens is 1. The van der Waals surface area contributed by atoms with Crippen LogP contribution in [0, 0.1) is 5.82 Å². The van der Waals surface area contributed by atoms with Gasteiger partial charge >= 0.3 is 0 Å². The smallest absolute Gasteiger partial charge is 0.258 e. The van der Waals surface area contributed by atoms with E-state index in [-0.39, 0.29) is 23.4 Å². The van der Waals surface area contributed by atoms with E-state index < -0.39 is 5.82 Å². The molecule has 1 aromatic heterocycles. The van der Waals surface area contributed by atoms with E-state index in [1.54, 1.807) is 16.8 Å². The number of carbonyl (C=O) groups is 1. The maximum atomic E-state index is 13.3. The minimum absolute atomic E-state index is 0.00709. The van der Waals surface area contributed by atoms with Gasteiger partial charge in [-0.2, -0.15) is 0 Å². The Morgan fingerprint density at radius 2 is 2.11 bits per heavy atom. The van der Waals surface area contributed by atoms with E-state index in [1.807, 2.05) is 24.3 Å². The number of nitrogens with zero attached hydrogens (tertiary/aromatic N) is 3. The molecule has 0 aliphatic carbocycles. The zero-order chi connectivity index (χ0) is 19.0. The van der Waals surface area contributed by atoms with Crippen molar-refractivity contribution in [2.75, 3.05) is 25.0 Å². The summed E-state index contributed by atoms with van der Waals surface area (Å²) in [5.74, 6) is -0.0277. The SMILES string of the molecule is CN(CC(=O)N1CCc2ccccc21)Cc1nc2ccc(F)cc2c(=O)[nH]1. The highest BCUT2D eigenvalue weighted by atomic mass is 19.1. The Bertz CT molecular complexity index is 1080. The molecule has 0 atom stereocenters. The standard InChI is InChI=1S/C20H19FN4O2/c1-24(12-19(26)25-9-8-13-4-2-3-5-17(13)25)11-18-22-16-7-6-14(21)10-15(16)20(27)23-18/h2-7,10H,8-9,11-12H2,1H3,(H,22,23,27). The average molecular weight is 366 g/mol. The van der Waals surface area contributed by atoms with Crippen LogP contribution in [-0.4, -0.2) is 40.9 Å². The highest BCUT2D eigenvalue weighted by molar-refractivity contribution is 5.96. The maximum Gasteiger partial charge on any atom is 0.258 e. The molecule has 1 amide bonds. The third-order valence-corrected chi connectivity index (χ3v) is 4.73. The lowest BCUT2D eigenvalue weighted by Crippen LogP contribution is -2.38. The van der Waals surface area contributed by atoms with Gasteiger partial charge in [0.15, 0.2) is 0 Å². The number of halogens is 1. The van der Waals surface area contributed by atoms with Crippen LogP contribution < -0.4 is 10.5 Å². The molecule has 0 bridgehead atoms. The fourth-order valence-electron chi connectivity index (χ4n) is 3.46. The van der Waals surface area contributed by atoms with Crippen LogP contribution in [0.1, 0.15) is 11.4 Å². The summed E-state index contributed by atoms with van der Waals surface area (Å²) in [4.78, 5) is 35.5. The average Bonchev–Trinajstić information content (AvgIpc) is 3.06. The van der Waals surface area contributed by atoms with E-state index in [4.69, 9.17) is 0 Å². The number of nitrogens with one attached hydrogen (secondary N) is 1. The second kappa shape index (κ2) is 6.92. The summed E-state index contributed by atoms with van der Waals surface area (Å²) in [6.45, 7) is 1.20. The highest BCUT2D eigenvalue weighted by Crippen LogP contribution is 2.27. The molecule has 1 aliphatic heterocycles. The number of hydrogen-bond acceptors (Lipinski definition) is 4. The van der Waals surface area contributed by atoms with Crippen LogP contribution >= 0.6 is 0 Å². The lowest BCUT2D eigenvalue weighted by Gasteiger charge is -2.21. The van der Waals surface area contributed by atoms with Crippen molar-refractivity contribution < 1.29 is 9.18 Å². The number of rotatable bonds is 4. The number of para-hydroxylation sites is 1. The highest BCUT2D eigenvalue weighted by Gasteiger charge is 2.24. The molecule has 2 aromatic carbocycles. The number of aromatic nitrogens is 2. The Labute approximate surface area is 155 Å². The van der Waals surface area contributed by atoms with E-state index in [0.29, 0.717) is 24.4 Å². The van der Waals surface area contributed by atoms with Crippen molar-refractivity contribution in [3.05, 3.63) is 70.0 Å². The van der Waals surface area contributed by atoms with E-state index in [2.05, 4.69) is 9.97 Å². The van der Waals surface area contributed by atoms with Crippen LogP contribution in [0.5, 0.6) is 0 Å². The Morgan fingerprint density at radius 3 is 2.96 bits per heavy atom. The fourth-order valence-corrected chi connectivity index (χ4v) is 3.46. The van der Waals surface area contributed by atoms with Crippen LogP contribution in [0.15, 0.2) is 47.3 Å². The molecule has 1 aliphatic rings. The Morgan fingerprint density at radius 1 is 1.30 bits per heavy atom. The first-order chi connectivity index (χ1) is 13.0. The van der Waals surface area contributed by atoms with Crippen molar-refractivity contribution in [2.45, 2.75) is 13.0 Å². The molecule has 1 N–H and O–H groups in total. The first kappa shape index (κ1) is 17.4. The van der Waals surface area contributed by atoms with Gasteiger partial charge in [-0.3, -0.25) is 14.5 Å². The Hall–Kier alpha value is -3.06. The number of hydrogen-bond donors (Lipinski definition) is 1. The van der Waals surface area contributed by atoms with E-state index in [0.717, 1.165) is 12.1 Å². The van der Waals surface area contributed by atoms with Gasteiger partial charge < -0.3 is 9.88 Å². The number of benzene rings is 2. The molecule has 7 heteroatoms. The molecule has 27 heavy (non-hydrogen) atoms. The molecule has 0 saturated carbocycles. The van der Waals surface area contributed by atoms with Gasteiger partial charge in [0.05, 0.1) is 24.0 Å². The van der Waals surface area contributed by atoms with Crippen LogP contribution in [0.25, 0.3) is 10.9 Å². The van der Waals surface area contributed by atoms with Gasteiger partial charge in [0.2, 0.25) is 5.91 Å². The third-order valence-electron chi connectivity index (χ3n) is 4.73. The minimum Gasteiger partial charge on any atom is -0.311 e. The second-order valence-electron chi connectivity index (χ2n) is 6.77. The fraction of sp³-hybridized carbons (Fsp3) is 0.250. The van der Waals surface area contributed by atoms with Crippen molar-refractivity contribution >= 4 is 22.5 Å². The number of fused-ring (bicyclic) bond motifs is 2. The summed E-state index contributed by atoms with van der Waals surface area (Å²) >= 11 is 0. The quantitative estimate of drug-likeness (QED) is 0.768. The lowest BCUT2D eigenvalue weighted by atomic mass is 10.2. The predicted octanol–water partition coefficient (Wildman–Crippen LogP) is 2.08. The molecular formula is C20H19FN4O2. The predicted molar refractivity (Wildman–Crippen MR) is 101 cm³/mol. The number of amides is 1.